The van der Waals surface area contributed by atoms with Crippen LogP contribution in [0.4, 0.5) is 10.5 Å². The SMILES string of the molecule is COC(=O)[C@H]1CC[C@H](CN2CCc3ccccc3NC2=O)CC1. The summed E-state index contributed by atoms with van der Waals surface area (Å²) in [6, 6.07) is 7.97. The number of methoxy groups -OCH3 is 1. The highest BCUT2D eigenvalue weighted by atomic mass is 16.5. The minimum atomic E-state index is -0.0913. The number of rotatable bonds is 3. The highest BCUT2D eigenvalue weighted by Gasteiger charge is 2.29. The van der Waals surface area contributed by atoms with Gasteiger partial charge in [-0.3, -0.25) is 4.79 Å². The smallest absolute Gasteiger partial charge is 0.321 e. The second-order valence-electron chi connectivity index (χ2n) is 6.52. The quantitative estimate of drug-likeness (QED) is 0.872. The minimum Gasteiger partial charge on any atom is -0.469 e. The molecule has 124 valence electrons. The average Bonchev–Trinajstić information content (AvgIpc) is 2.74. The van der Waals surface area contributed by atoms with Crippen molar-refractivity contribution >= 4 is 17.7 Å². The second-order valence-corrected chi connectivity index (χ2v) is 6.52. The third-order valence-corrected chi connectivity index (χ3v) is 5.06. The standard InChI is InChI=1S/C18H24N2O3/c1-23-17(21)15-8-6-13(7-9-15)12-20-11-10-14-4-2-3-5-16(14)19-18(20)22/h2-5,13,15H,6-12H2,1H3,(H,19,22)/t13-,15-. The minimum absolute atomic E-state index is 0.00922. The fraction of sp³-hybridized carbons (Fsp3) is 0.556. The number of carbonyl (C=O) groups excluding carboxylic acids is 2. The van der Waals surface area contributed by atoms with Gasteiger partial charge < -0.3 is 15.0 Å². The first-order valence-electron chi connectivity index (χ1n) is 8.39. The Morgan fingerprint density at radius 1 is 1.26 bits per heavy atom. The molecule has 5 nitrogen and oxygen atoms in total. The summed E-state index contributed by atoms with van der Waals surface area (Å²) < 4.78 is 4.83. The highest BCUT2D eigenvalue weighted by molar-refractivity contribution is 5.91. The number of esters is 1. The van der Waals surface area contributed by atoms with Crippen molar-refractivity contribution in [1.82, 2.24) is 4.90 Å². The molecule has 0 aromatic heterocycles. The number of fused-ring (bicyclic) bond motifs is 1. The molecule has 1 fully saturated rings. The van der Waals surface area contributed by atoms with Crippen molar-refractivity contribution in [3.05, 3.63) is 29.8 Å². The summed E-state index contributed by atoms with van der Waals surface area (Å²) in [6.45, 7) is 1.52. The van der Waals surface area contributed by atoms with Gasteiger partial charge in [-0.25, -0.2) is 4.79 Å². The Morgan fingerprint density at radius 3 is 2.74 bits per heavy atom. The van der Waals surface area contributed by atoms with Gasteiger partial charge in [0.15, 0.2) is 0 Å². The van der Waals surface area contributed by atoms with Gasteiger partial charge in [-0.15, -0.1) is 0 Å². The maximum absolute atomic E-state index is 12.4. The summed E-state index contributed by atoms with van der Waals surface area (Å²) in [4.78, 5) is 25.9. The van der Waals surface area contributed by atoms with Crippen LogP contribution >= 0.6 is 0 Å². The van der Waals surface area contributed by atoms with E-state index in [4.69, 9.17) is 4.74 Å². The lowest BCUT2D eigenvalue weighted by atomic mass is 9.82. The Kier molecular flexibility index (Phi) is 4.84. The molecule has 5 heteroatoms. The molecular formula is C18H24N2O3. The Labute approximate surface area is 137 Å². The first kappa shape index (κ1) is 15.8. The van der Waals surface area contributed by atoms with Gasteiger partial charge >= 0.3 is 12.0 Å². The van der Waals surface area contributed by atoms with E-state index in [0.29, 0.717) is 5.92 Å². The third kappa shape index (κ3) is 3.66. The predicted octanol–water partition coefficient (Wildman–Crippen LogP) is 3.06. The van der Waals surface area contributed by atoms with Crippen LogP contribution in [-0.2, 0) is 16.0 Å². The lowest BCUT2D eigenvalue weighted by Crippen LogP contribution is -2.39. The Balaban J connectivity index is 1.55. The van der Waals surface area contributed by atoms with Gasteiger partial charge in [0.1, 0.15) is 0 Å². The normalized spacial score (nSPS) is 24.4. The molecule has 1 saturated carbocycles. The van der Waals surface area contributed by atoms with Crippen molar-refractivity contribution in [1.29, 1.82) is 0 Å². The number of amides is 2. The Hall–Kier alpha value is -2.04. The van der Waals surface area contributed by atoms with Crippen molar-refractivity contribution < 1.29 is 14.3 Å². The molecule has 1 aromatic rings. The van der Waals surface area contributed by atoms with Crippen LogP contribution in [0.2, 0.25) is 0 Å². The van der Waals surface area contributed by atoms with Crippen LogP contribution < -0.4 is 5.32 Å². The number of hydrogen-bond donors (Lipinski definition) is 1. The molecular weight excluding hydrogens is 292 g/mol. The molecule has 23 heavy (non-hydrogen) atoms. The average molecular weight is 316 g/mol. The molecule has 2 amide bonds. The van der Waals surface area contributed by atoms with E-state index in [-0.39, 0.29) is 17.9 Å². The monoisotopic (exact) mass is 316 g/mol. The van der Waals surface area contributed by atoms with Crippen LogP contribution in [0.15, 0.2) is 24.3 Å². The van der Waals surface area contributed by atoms with E-state index in [1.165, 1.54) is 12.7 Å². The molecule has 1 aliphatic carbocycles. The number of nitrogens with zero attached hydrogens (tertiary/aromatic N) is 1. The molecule has 0 unspecified atom stereocenters. The van der Waals surface area contributed by atoms with Crippen molar-refractivity contribution in [2.24, 2.45) is 11.8 Å². The maximum atomic E-state index is 12.4. The number of nitrogens with one attached hydrogen (secondary N) is 1. The number of ether oxygens (including phenoxy) is 1. The number of urea groups is 1. The first-order chi connectivity index (χ1) is 11.2. The van der Waals surface area contributed by atoms with Crippen LogP contribution in [-0.4, -0.2) is 37.1 Å². The summed E-state index contributed by atoms with van der Waals surface area (Å²) >= 11 is 0. The molecule has 1 heterocycles. The molecule has 3 rings (SSSR count). The van der Waals surface area contributed by atoms with Gasteiger partial charge in [-0.05, 0) is 49.7 Å². The molecule has 1 N–H and O–H groups in total. The number of para-hydroxylation sites is 1. The second kappa shape index (κ2) is 7.02. The topological polar surface area (TPSA) is 58.6 Å². The lowest BCUT2D eigenvalue weighted by molar-refractivity contribution is -0.146. The van der Waals surface area contributed by atoms with Crippen LogP contribution in [0.1, 0.15) is 31.2 Å². The molecule has 0 spiro atoms. The molecule has 0 atom stereocenters. The number of anilines is 1. The van der Waals surface area contributed by atoms with Crippen LogP contribution in [0.3, 0.4) is 0 Å². The van der Waals surface area contributed by atoms with Crippen LogP contribution in [0.5, 0.6) is 0 Å². The zero-order valence-electron chi connectivity index (χ0n) is 13.6. The van der Waals surface area contributed by atoms with Gasteiger partial charge in [-0.1, -0.05) is 18.2 Å². The predicted molar refractivity (Wildman–Crippen MR) is 88.2 cm³/mol. The van der Waals surface area contributed by atoms with E-state index in [2.05, 4.69) is 11.4 Å². The van der Waals surface area contributed by atoms with E-state index in [0.717, 1.165) is 50.9 Å². The number of carbonyl (C=O) groups is 2. The zero-order valence-corrected chi connectivity index (χ0v) is 13.6. The summed E-state index contributed by atoms with van der Waals surface area (Å²) in [7, 11) is 1.45. The summed E-state index contributed by atoms with van der Waals surface area (Å²) in [5.41, 5.74) is 2.12. The summed E-state index contributed by atoms with van der Waals surface area (Å²) in [5.74, 6) is 0.424. The van der Waals surface area contributed by atoms with Crippen LogP contribution in [0.25, 0.3) is 0 Å². The summed E-state index contributed by atoms with van der Waals surface area (Å²) in [5, 5.41) is 3.01. The van der Waals surface area contributed by atoms with Crippen molar-refractivity contribution in [2.75, 3.05) is 25.5 Å². The molecule has 0 bridgehead atoms. The maximum Gasteiger partial charge on any atom is 0.321 e. The number of benzene rings is 1. The van der Waals surface area contributed by atoms with Gasteiger partial charge in [0.2, 0.25) is 0 Å². The first-order valence-corrected chi connectivity index (χ1v) is 8.39. The fourth-order valence-electron chi connectivity index (χ4n) is 3.64. The van der Waals surface area contributed by atoms with Crippen molar-refractivity contribution in [3.8, 4) is 0 Å². The van der Waals surface area contributed by atoms with Gasteiger partial charge in [0.05, 0.1) is 13.0 Å². The molecule has 1 aromatic carbocycles. The number of hydrogen-bond acceptors (Lipinski definition) is 3. The Bertz CT molecular complexity index is 579. The molecule has 1 aliphatic heterocycles. The largest absolute Gasteiger partial charge is 0.469 e. The zero-order chi connectivity index (χ0) is 16.2. The molecule has 2 aliphatic rings. The van der Waals surface area contributed by atoms with Gasteiger partial charge in [-0.2, -0.15) is 0 Å². The lowest BCUT2D eigenvalue weighted by Gasteiger charge is -2.31. The third-order valence-electron chi connectivity index (χ3n) is 5.06. The van der Waals surface area contributed by atoms with E-state index in [9.17, 15) is 9.59 Å². The van der Waals surface area contributed by atoms with Crippen molar-refractivity contribution in [2.45, 2.75) is 32.1 Å². The highest BCUT2D eigenvalue weighted by Crippen LogP contribution is 2.31. The van der Waals surface area contributed by atoms with E-state index in [1.807, 2.05) is 23.1 Å². The molecule has 0 saturated heterocycles. The van der Waals surface area contributed by atoms with Gasteiger partial charge in [0, 0.05) is 18.8 Å². The van der Waals surface area contributed by atoms with Gasteiger partial charge in [0.25, 0.3) is 0 Å². The van der Waals surface area contributed by atoms with E-state index in [1.54, 1.807) is 0 Å². The fourth-order valence-corrected chi connectivity index (χ4v) is 3.64. The molecule has 0 radical (unpaired) electrons. The van der Waals surface area contributed by atoms with Crippen LogP contribution in [0, 0.1) is 11.8 Å². The van der Waals surface area contributed by atoms with E-state index < -0.39 is 0 Å². The summed E-state index contributed by atoms with van der Waals surface area (Å²) in [6.07, 6.45) is 4.58. The van der Waals surface area contributed by atoms with E-state index >= 15 is 0 Å². The Morgan fingerprint density at radius 2 is 2.00 bits per heavy atom. The van der Waals surface area contributed by atoms with Crippen molar-refractivity contribution in [3.63, 3.8) is 0 Å².